The van der Waals surface area contributed by atoms with Crippen molar-refractivity contribution in [2.45, 2.75) is 6.54 Å². The Balaban J connectivity index is 1.96. The number of halogens is 2. The van der Waals surface area contributed by atoms with Crippen molar-refractivity contribution in [3.8, 4) is 5.69 Å². The molecule has 0 fully saturated rings. The summed E-state index contributed by atoms with van der Waals surface area (Å²) >= 11 is 5.88. The van der Waals surface area contributed by atoms with Crippen LogP contribution in [-0.2, 0) is 6.54 Å². The van der Waals surface area contributed by atoms with Crippen LogP contribution in [0.3, 0.4) is 0 Å². The summed E-state index contributed by atoms with van der Waals surface area (Å²) in [7, 11) is 0. The van der Waals surface area contributed by atoms with Crippen molar-refractivity contribution in [1.29, 1.82) is 0 Å². The highest BCUT2D eigenvalue weighted by Gasteiger charge is 2.17. The monoisotopic (exact) mass is 395 g/mol. The first-order valence-electron chi connectivity index (χ1n) is 8.50. The fraction of sp³-hybridized carbons (Fsp3) is 0.0476. The van der Waals surface area contributed by atoms with E-state index in [1.165, 1.54) is 22.8 Å². The largest absolute Gasteiger partial charge is 0.364 e. The Labute approximate surface area is 164 Å². The van der Waals surface area contributed by atoms with E-state index >= 15 is 0 Å². The number of rotatable bonds is 4. The third-order valence-corrected chi connectivity index (χ3v) is 4.84. The molecule has 0 atom stereocenters. The van der Waals surface area contributed by atoms with Gasteiger partial charge >= 0.3 is 0 Å². The lowest BCUT2D eigenvalue weighted by molar-refractivity contribution is 0.0992. The fourth-order valence-electron chi connectivity index (χ4n) is 3.29. The molecule has 0 unspecified atom stereocenters. The molecule has 0 saturated carbocycles. The van der Waals surface area contributed by atoms with Gasteiger partial charge in [-0.15, -0.1) is 0 Å². The number of benzene rings is 2. The maximum absolute atomic E-state index is 13.5. The van der Waals surface area contributed by atoms with E-state index in [0.717, 1.165) is 0 Å². The van der Waals surface area contributed by atoms with Crippen LogP contribution in [0.25, 0.3) is 16.7 Å². The highest BCUT2D eigenvalue weighted by Crippen LogP contribution is 2.24. The lowest BCUT2D eigenvalue weighted by atomic mass is 10.2. The number of hydrogen-bond acceptors (Lipinski definition) is 2. The van der Waals surface area contributed by atoms with Crippen LogP contribution in [0, 0.1) is 5.82 Å². The molecule has 0 saturated heterocycles. The molecular formula is C21H15ClFN3O2. The summed E-state index contributed by atoms with van der Waals surface area (Å²) in [6, 6.07) is 18.2. The molecule has 0 aliphatic heterocycles. The standard InChI is InChI=1S/C21H15ClFN3O2/c22-15-10-13(6-7-16(15)23)12-25-17-8-9-20(27)26(14-4-2-1-3-5-14)18(17)11-19(25)21(24)28/h1-11H,12H2,(H2,24,28). The van der Waals surface area contributed by atoms with Crippen molar-refractivity contribution in [2.75, 3.05) is 0 Å². The molecule has 1 amide bonds. The Kier molecular flexibility index (Phi) is 4.49. The van der Waals surface area contributed by atoms with Gasteiger partial charge in [0.2, 0.25) is 0 Å². The van der Waals surface area contributed by atoms with E-state index in [2.05, 4.69) is 0 Å². The van der Waals surface area contributed by atoms with Gasteiger partial charge in [0.15, 0.2) is 0 Å². The first-order chi connectivity index (χ1) is 13.5. The first-order valence-corrected chi connectivity index (χ1v) is 8.88. The molecular weight excluding hydrogens is 381 g/mol. The number of carbonyl (C=O) groups is 1. The zero-order chi connectivity index (χ0) is 19.8. The van der Waals surface area contributed by atoms with Gasteiger partial charge in [-0.2, -0.15) is 0 Å². The number of amides is 1. The van der Waals surface area contributed by atoms with Crippen molar-refractivity contribution < 1.29 is 9.18 Å². The van der Waals surface area contributed by atoms with E-state index in [-0.39, 0.29) is 22.8 Å². The van der Waals surface area contributed by atoms with E-state index < -0.39 is 11.7 Å². The predicted octanol–water partition coefficient (Wildman–Crippen LogP) is 3.73. The Morgan fingerprint density at radius 1 is 1.00 bits per heavy atom. The number of carbonyl (C=O) groups excluding carboxylic acids is 1. The second kappa shape index (κ2) is 6.98. The topological polar surface area (TPSA) is 70.0 Å². The Hall–Kier alpha value is -3.38. The molecule has 7 heteroatoms. The fourth-order valence-corrected chi connectivity index (χ4v) is 3.49. The van der Waals surface area contributed by atoms with Gasteiger partial charge in [0.1, 0.15) is 11.5 Å². The van der Waals surface area contributed by atoms with Gasteiger partial charge in [-0.3, -0.25) is 14.2 Å². The average molecular weight is 396 g/mol. The van der Waals surface area contributed by atoms with Crippen LogP contribution in [0.15, 0.2) is 71.5 Å². The molecule has 2 aromatic carbocycles. The van der Waals surface area contributed by atoms with Crippen LogP contribution in [0.5, 0.6) is 0 Å². The second-order valence-corrected chi connectivity index (χ2v) is 6.75. The van der Waals surface area contributed by atoms with E-state index in [0.29, 0.717) is 22.3 Å². The zero-order valence-corrected chi connectivity index (χ0v) is 15.4. The van der Waals surface area contributed by atoms with E-state index in [1.807, 2.05) is 30.3 Å². The van der Waals surface area contributed by atoms with Gasteiger partial charge in [-0.25, -0.2) is 4.39 Å². The lowest BCUT2D eigenvalue weighted by Gasteiger charge is -2.11. The summed E-state index contributed by atoms with van der Waals surface area (Å²) < 4.78 is 16.7. The van der Waals surface area contributed by atoms with Crippen LogP contribution in [-0.4, -0.2) is 15.0 Å². The Bertz CT molecular complexity index is 1260. The summed E-state index contributed by atoms with van der Waals surface area (Å²) in [5, 5.41) is -0.00391. The number of pyridine rings is 1. The number of aromatic nitrogens is 2. The van der Waals surface area contributed by atoms with Gasteiger partial charge in [0, 0.05) is 18.3 Å². The molecule has 0 bridgehead atoms. The molecule has 0 aliphatic carbocycles. The average Bonchev–Trinajstić information content (AvgIpc) is 3.04. The zero-order valence-electron chi connectivity index (χ0n) is 14.6. The lowest BCUT2D eigenvalue weighted by Crippen LogP contribution is -2.18. The summed E-state index contributed by atoms with van der Waals surface area (Å²) in [6.07, 6.45) is 0. The minimum Gasteiger partial charge on any atom is -0.364 e. The number of nitrogens with zero attached hydrogens (tertiary/aromatic N) is 2. The maximum Gasteiger partial charge on any atom is 0.265 e. The van der Waals surface area contributed by atoms with Crippen LogP contribution in [0.1, 0.15) is 16.1 Å². The third kappa shape index (κ3) is 3.08. The molecule has 140 valence electrons. The summed E-state index contributed by atoms with van der Waals surface area (Å²) in [6.45, 7) is 0.245. The molecule has 2 N–H and O–H groups in total. The molecule has 2 heterocycles. The van der Waals surface area contributed by atoms with Gasteiger partial charge in [-0.05, 0) is 42.0 Å². The van der Waals surface area contributed by atoms with E-state index in [9.17, 15) is 14.0 Å². The van der Waals surface area contributed by atoms with E-state index in [4.69, 9.17) is 17.3 Å². The number of hydrogen-bond donors (Lipinski definition) is 1. The van der Waals surface area contributed by atoms with Crippen molar-refractivity contribution in [2.24, 2.45) is 5.73 Å². The SMILES string of the molecule is NC(=O)c1cc2c(ccc(=O)n2-c2ccccc2)n1Cc1ccc(F)c(Cl)c1. The van der Waals surface area contributed by atoms with Crippen LogP contribution in [0.2, 0.25) is 5.02 Å². The molecule has 4 aromatic rings. The van der Waals surface area contributed by atoms with Crippen molar-refractivity contribution >= 4 is 28.5 Å². The predicted molar refractivity (Wildman–Crippen MR) is 107 cm³/mol. The van der Waals surface area contributed by atoms with Crippen LogP contribution in [0.4, 0.5) is 4.39 Å². The first kappa shape index (κ1) is 18.0. The van der Waals surface area contributed by atoms with Gasteiger partial charge in [-0.1, -0.05) is 35.9 Å². The normalized spacial score (nSPS) is 11.1. The second-order valence-electron chi connectivity index (χ2n) is 6.34. The minimum atomic E-state index is -0.628. The van der Waals surface area contributed by atoms with Crippen molar-refractivity contribution in [3.63, 3.8) is 0 Å². The number of primary amides is 1. The quantitative estimate of drug-likeness (QED) is 0.572. The van der Waals surface area contributed by atoms with Crippen LogP contribution >= 0.6 is 11.6 Å². The summed E-state index contributed by atoms with van der Waals surface area (Å²) in [4.78, 5) is 24.6. The van der Waals surface area contributed by atoms with Crippen molar-refractivity contribution in [3.05, 3.63) is 99.2 Å². The minimum absolute atomic E-state index is 0.00391. The highest BCUT2D eigenvalue weighted by atomic mass is 35.5. The van der Waals surface area contributed by atoms with E-state index in [1.54, 1.807) is 22.8 Å². The molecule has 5 nitrogen and oxygen atoms in total. The molecule has 4 rings (SSSR count). The Morgan fingerprint density at radius 3 is 2.43 bits per heavy atom. The van der Waals surface area contributed by atoms with Gasteiger partial charge < -0.3 is 10.3 Å². The smallest absolute Gasteiger partial charge is 0.265 e. The molecule has 28 heavy (non-hydrogen) atoms. The van der Waals surface area contributed by atoms with Gasteiger partial charge in [0.05, 0.1) is 16.1 Å². The highest BCUT2D eigenvalue weighted by molar-refractivity contribution is 6.30. The molecule has 0 spiro atoms. The third-order valence-electron chi connectivity index (χ3n) is 4.55. The van der Waals surface area contributed by atoms with Crippen molar-refractivity contribution in [1.82, 2.24) is 9.13 Å². The Morgan fingerprint density at radius 2 is 1.75 bits per heavy atom. The van der Waals surface area contributed by atoms with Crippen LogP contribution < -0.4 is 11.3 Å². The van der Waals surface area contributed by atoms with Gasteiger partial charge in [0.25, 0.3) is 11.5 Å². The maximum atomic E-state index is 13.5. The summed E-state index contributed by atoms with van der Waals surface area (Å²) in [5.74, 6) is -1.15. The molecule has 2 aromatic heterocycles. The number of fused-ring (bicyclic) bond motifs is 1. The summed E-state index contributed by atoms with van der Waals surface area (Å²) in [5.41, 5.74) is 8.18. The number of para-hydroxylation sites is 1. The number of nitrogens with two attached hydrogens (primary N) is 1. The molecule has 0 radical (unpaired) electrons. The molecule has 0 aliphatic rings.